The molecule has 2 aliphatic rings. The molecule has 16 heavy (non-hydrogen) atoms. The highest BCUT2D eigenvalue weighted by Gasteiger charge is 2.23. The standard InChI is InChI=1S/C14H26N2/c1-3-4-6-12(2)16-10-8-13-7-5-9-15-14(13)11-16/h12,15H,3-11H2,1-2H3. The third kappa shape index (κ3) is 2.79. The van der Waals surface area contributed by atoms with Gasteiger partial charge in [-0.3, -0.25) is 4.90 Å². The topological polar surface area (TPSA) is 15.3 Å². The van der Waals surface area contributed by atoms with Gasteiger partial charge in [-0.05, 0) is 38.2 Å². The molecule has 92 valence electrons. The van der Waals surface area contributed by atoms with E-state index < -0.39 is 0 Å². The zero-order valence-electron chi connectivity index (χ0n) is 10.9. The average Bonchev–Trinajstić information content (AvgIpc) is 2.35. The summed E-state index contributed by atoms with van der Waals surface area (Å²) in [5, 5.41) is 3.60. The molecule has 0 aromatic heterocycles. The van der Waals surface area contributed by atoms with Gasteiger partial charge in [0.05, 0.1) is 0 Å². The van der Waals surface area contributed by atoms with Crippen molar-refractivity contribution in [3.05, 3.63) is 11.3 Å². The summed E-state index contributed by atoms with van der Waals surface area (Å²) in [6.07, 6.45) is 8.04. The molecule has 0 amide bonds. The van der Waals surface area contributed by atoms with Crippen LogP contribution >= 0.6 is 0 Å². The van der Waals surface area contributed by atoms with Crippen LogP contribution in [0.15, 0.2) is 11.3 Å². The SMILES string of the molecule is CCCCC(C)N1CCC2=C(C1)NCCC2. The van der Waals surface area contributed by atoms with Crippen LogP contribution < -0.4 is 5.32 Å². The van der Waals surface area contributed by atoms with Gasteiger partial charge in [0.25, 0.3) is 0 Å². The van der Waals surface area contributed by atoms with Gasteiger partial charge in [-0.1, -0.05) is 19.8 Å². The van der Waals surface area contributed by atoms with Gasteiger partial charge in [0, 0.05) is 31.4 Å². The zero-order valence-corrected chi connectivity index (χ0v) is 10.9. The fourth-order valence-corrected chi connectivity index (χ4v) is 2.88. The van der Waals surface area contributed by atoms with Crippen molar-refractivity contribution in [2.24, 2.45) is 0 Å². The van der Waals surface area contributed by atoms with E-state index in [0.717, 1.165) is 6.04 Å². The molecule has 0 radical (unpaired) electrons. The molecule has 2 rings (SSSR count). The Morgan fingerprint density at radius 2 is 2.25 bits per heavy atom. The lowest BCUT2D eigenvalue weighted by atomic mass is 9.95. The van der Waals surface area contributed by atoms with Gasteiger partial charge in [-0.2, -0.15) is 0 Å². The Kier molecular flexibility index (Phi) is 4.28. The lowest BCUT2D eigenvalue weighted by Gasteiger charge is -2.37. The lowest BCUT2D eigenvalue weighted by molar-refractivity contribution is 0.197. The van der Waals surface area contributed by atoms with Gasteiger partial charge in [-0.15, -0.1) is 0 Å². The zero-order chi connectivity index (χ0) is 11.4. The summed E-state index contributed by atoms with van der Waals surface area (Å²) in [7, 11) is 0. The molecule has 0 fully saturated rings. The molecule has 2 aliphatic heterocycles. The second-order valence-electron chi connectivity index (χ2n) is 5.32. The van der Waals surface area contributed by atoms with E-state index in [9.17, 15) is 0 Å². The van der Waals surface area contributed by atoms with E-state index in [1.807, 2.05) is 0 Å². The molecule has 0 saturated carbocycles. The van der Waals surface area contributed by atoms with Gasteiger partial charge in [0.2, 0.25) is 0 Å². The van der Waals surface area contributed by atoms with E-state index in [0.29, 0.717) is 0 Å². The first kappa shape index (κ1) is 12.0. The summed E-state index contributed by atoms with van der Waals surface area (Å²) in [5.41, 5.74) is 3.27. The Balaban J connectivity index is 1.88. The summed E-state index contributed by atoms with van der Waals surface area (Å²) in [6, 6.07) is 0.762. The minimum Gasteiger partial charge on any atom is -0.387 e. The molecular weight excluding hydrogens is 196 g/mol. The number of unbranched alkanes of at least 4 members (excludes halogenated alkanes) is 1. The Bertz CT molecular complexity index is 257. The van der Waals surface area contributed by atoms with E-state index in [-0.39, 0.29) is 0 Å². The van der Waals surface area contributed by atoms with E-state index in [2.05, 4.69) is 24.1 Å². The van der Waals surface area contributed by atoms with Crippen LogP contribution in [0.4, 0.5) is 0 Å². The van der Waals surface area contributed by atoms with Crippen molar-refractivity contribution in [3.63, 3.8) is 0 Å². The number of nitrogens with zero attached hydrogens (tertiary/aromatic N) is 1. The van der Waals surface area contributed by atoms with E-state index in [1.165, 1.54) is 58.2 Å². The normalized spacial score (nSPS) is 23.9. The number of hydrogen-bond acceptors (Lipinski definition) is 2. The molecule has 1 unspecified atom stereocenters. The maximum atomic E-state index is 3.60. The largest absolute Gasteiger partial charge is 0.387 e. The molecule has 1 atom stereocenters. The Morgan fingerprint density at radius 3 is 3.06 bits per heavy atom. The summed E-state index contributed by atoms with van der Waals surface area (Å²) in [5.74, 6) is 0. The predicted molar refractivity (Wildman–Crippen MR) is 69.4 cm³/mol. The maximum Gasteiger partial charge on any atom is 0.0384 e. The monoisotopic (exact) mass is 222 g/mol. The third-order valence-electron chi connectivity index (χ3n) is 4.08. The molecular formula is C14H26N2. The Labute approximate surface area is 100 Å². The van der Waals surface area contributed by atoms with E-state index in [1.54, 1.807) is 11.3 Å². The maximum absolute atomic E-state index is 3.60. The summed E-state index contributed by atoms with van der Waals surface area (Å²) in [4.78, 5) is 2.66. The molecule has 2 heterocycles. The highest BCUT2D eigenvalue weighted by Crippen LogP contribution is 2.25. The number of nitrogens with one attached hydrogen (secondary N) is 1. The minimum atomic E-state index is 0.762. The van der Waals surface area contributed by atoms with Crippen LogP contribution in [0.1, 0.15) is 52.4 Å². The smallest absolute Gasteiger partial charge is 0.0384 e. The van der Waals surface area contributed by atoms with Gasteiger partial charge >= 0.3 is 0 Å². The number of rotatable bonds is 4. The molecule has 2 heteroatoms. The third-order valence-corrected chi connectivity index (χ3v) is 4.08. The van der Waals surface area contributed by atoms with Gasteiger partial charge in [0.1, 0.15) is 0 Å². The molecule has 2 nitrogen and oxygen atoms in total. The molecule has 1 N–H and O–H groups in total. The first-order chi connectivity index (χ1) is 7.81. The van der Waals surface area contributed by atoms with Crippen LogP contribution in [0.2, 0.25) is 0 Å². The van der Waals surface area contributed by atoms with E-state index in [4.69, 9.17) is 0 Å². The first-order valence-electron chi connectivity index (χ1n) is 7.00. The van der Waals surface area contributed by atoms with Crippen molar-refractivity contribution in [1.29, 1.82) is 0 Å². The summed E-state index contributed by atoms with van der Waals surface area (Å²) >= 11 is 0. The molecule has 0 saturated heterocycles. The van der Waals surface area contributed by atoms with Crippen LogP contribution in [-0.4, -0.2) is 30.6 Å². The van der Waals surface area contributed by atoms with Crippen molar-refractivity contribution in [2.45, 2.75) is 58.4 Å². The Morgan fingerprint density at radius 1 is 1.38 bits per heavy atom. The first-order valence-corrected chi connectivity index (χ1v) is 7.00. The van der Waals surface area contributed by atoms with Gasteiger partial charge in [0.15, 0.2) is 0 Å². The number of hydrogen-bond donors (Lipinski definition) is 1. The van der Waals surface area contributed by atoms with Crippen LogP contribution in [0.3, 0.4) is 0 Å². The van der Waals surface area contributed by atoms with Crippen LogP contribution in [0, 0.1) is 0 Å². The molecule has 0 aromatic carbocycles. The van der Waals surface area contributed by atoms with Gasteiger partial charge in [-0.25, -0.2) is 0 Å². The predicted octanol–water partition coefficient (Wildman–Crippen LogP) is 2.91. The van der Waals surface area contributed by atoms with Gasteiger partial charge < -0.3 is 5.32 Å². The van der Waals surface area contributed by atoms with Crippen molar-refractivity contribution in [1.82, 2.24) is 10.2 Å². The molecule has 0 spiro atoms. The lowest BCUT2D eigenvalue weighted by Crippen LogP contribution is -2.43. The van der Waals surface area contributed by atoms with E-state index >= 15 is 0 Å². The van der Waals surface area contributed by atoms with Crippen molar-refractivity contribution in [2.75, 3.05) is 19.6 Å². The second-order valence-corrected chi connectivity index (χ2v) is 5.32. The fraction of sp³-hybridized carbons (Fsp3) is 0.857. The van der Waals surface area contributed by atoms with Crippen molar-refractivity contribution < 1.29 is 0 Å². The van der Waals surface area contributed by atoms with Crippen molar-refractivity contribution >= 4 is 0 Å². The molecule has 0 aromatic rings. The average molecular weight is 222 g/mol. The summed E-state index contributed by atoms with van der Waals surface area (Å²) < 4.78 is 0. The Hall–Kier alpha value is -0.500. The summed E-state index contributed by atoms with van der Waals surface area (Å²) in [6.45, 7) is 8.33. The fourth-order valence-electron chi connectivity index (χ4n) is 2.88. The quantitative estimate of drug-likeness (QED) is 0.787. The second kappa shape index (κ2) is 5.72. The highest BCUT2D eigenvalue weighted by molar-refractivity contribution is 5.20. The van der Waals surface area contributed by atoms with Crippen LogP contribution in [0.5, 0.6) is 0 Å². The molecule has 0 bridgehead atoms. The molecule has 0 aliphatic carbocycles. The van der Waals surface area contributed by atoms with Crippen LogP contribution in [-0.2, 0) is 0 Å². The highest BCUT2D eigenvalue weighted by atomic mass is 15.2. The van der Waals surface area contributed by atoms with Crippen LogP contribution in [0.25, 0.3) is 0 Å². The minimum absolute atomic E-state index is 0.762. The van der Waals surface area contributed by atoms with Crippen molar-refractivity contribution in [3.8, 4) is 0 Å².